The first-order valence-corrected chi connectivity index (χ1v) is 7.35. The zero-order valence-corrected chi connectivity index (χ0v) is 12.1. The highest BCUT2D eigenvalue weighted by Crippen LogP contribution is 2.17. The third kappa shape index (κ3) is 5.07. The van der Waals surface area contributed by atoms with Crippen molar-refractivity contribution >= 4 is 0 Å². The van der Waals surface area contributed by atoms with Crippen molar-refractivity contribution in [3.8, 4) is 5.75 Å². The Morgan fingerprint density at radius 2 is 2.00 bits per heavy atom. The van der Waals surface area contributed by atoms with Crippen LogP contribution in [0.4, 0.5) is 0 Å². The maximum absolute atomic E-state index is 5.64. The zero-order chi connectivity index (χ0) is 13.5. The smallest absolute Gasteiger partial charge is 0.119 e. The van der Waals surface area contributed by atoms with E-state index in [1.54, 1.807) is 0 Å². The topological polar surface area (TPSA) is 21.3 Å². The van der Waals surface area contributed by atoms with Crippen molar-refractivity contribution in [1.29, 1.82) is 0 Å². The molecule has 2 heteroatoms. The second kappa shape index (κ2) is 7.34. The SMILES string of the molecule is CC(C)Oc1ccc(CNCC2CC=CCC2)cc1. The van der Waals surface area contributed by atoms with E-state index in [1.807, 2.05) is 13.8 Å². The van der Waals surface area contributed by atoms with Gasteiger partial charge in [0.05, 0.1) is 6.10 Å². The number of benzene rings is 1. The molecule has 0 saturated heterocycles. The molecule has 0 heterocycles. The standard InChI is InChI=1S/C17H25NO/c1-14(2)19-17-10-8-16(9-11-17)13-18-12-15-6-4-3-5-7-15/h3-4,8-11,14-15,18H,5-7,12-13H2,1-2H3. The lowest BCUT2D eigenvalue weighted by atomic mass is 9.94. The first-order valence-electron chi connectivity index (χ1n) is 7.35. The Balaban J connectivity index is 1.72. The summed E-state index contributed by atoms with van der Waals surface area (Å²) >= 11 is 0. The summed E-state index contributed by atoms with van der Waals surface area (Å²) in [7, 11) is 0. The van der Waals surface area contributed by atoms with Crippen LogP contribution in [0.1, 0.15) is 38.7 Å². The van der Waals surface area contributed by atoms with Gasteiger partial charge in [0.2, 0.25) is 0 Å². The van der Waals surface area contributed by atoms with Crippen LogP contribution in [-0.4, -0.2) is 12.6 Å². The molecule has 19 heavy (non-hydrogen) atoms. The van der Waals surface area contributed by atoms with Gasteiger partial charge in [-0.15, -0.1) is 0 Å². The fourth-order valence-corrected chi connectivity index (χ4v) is 2.42. The summed E-state index contributed by atoms with van der Waals surface area (Å²) in [5.74, 6) is 1.77. The van der Waals surface area contributed by atoms with Crippen molar-refractivity contribution in [3.63, 3.8) is 0 Å². The Labute approximate surface area is 116 Å². The van der Waals surface area contributed by atoms with Crippen LogP contribution in [-0.2, 0) is 6.54 Å². The van der Waals surface area contributed by atoms with Gasteiger partial charge in [-0.1, -0.05) is 24.3 Å². The van der Waals surface area contributed by atoms with Gasteiger partial charge >= 0.3 is 0 Å². The number of allylic oxidation sites excluding steroid dienone is 2. The summed E-state index contributed by atoms with van der Waals surface area (Å²) in [6, 6.07) is 8.40. The van der Waals surface area contributed by atoms with Gasteiger partial charge in [-0.05, 0) is 63.3 Å². The lowest BCUT2D eigenvalue weighted by Crippen LogP contribution is -2.23. The molecule has 0 aromatic heterocycles. The van der Waals surface area contributed by atoms with E-state index in [9.17, 15) is 0 Å². The molecule has 0 spiro atoms. The third-order valence-corrected chi connectivity index (χ3v) is 3.43. The maximum atomic E-state index is 5.64. The van der Waals surface area contributed by atoms with E-state index in [2.05, 4.69) is 41.7 Å². The van der Waals surface area contributed by atoms with Crippen LogP contribution in [0.3, 0.4) is 0 Å². The fourth-order valence-electron chi connectivity index (χ4n) is 2.42. The van der Waals surface area contributed by atoms with Crippen LogP contribution in [0, 0.1) is 5.92 Å². The van der Waals surface area contributed by atoms with Gasteiger partial charge in [0, 0.05) is 6.54 Å². The highest BCUT2D eigenvalue weighted by molar-refractivity contribution is 5.27. The number of ether oxygens (including phenoxy) is 1. The van der Waals surface area contributed by atoms with E-state index in [4.69, 9.17) is 4.74 Å². The Hall–Kier alpha value is -1.28. The van der Waals surface area contributed by atoms with Gasteiger partial charge in [0.1, 0.15) is 5.75 Å². The third-order valence-electron chi connectivity index (χ3n) is 3.43. The highest BCUT2D eigenvalue weighted by atomic mass is 16.5. The molecule has 1 aromatic rings. The molecule has 104 valence electrons. The first-order chi connectivity index (χ1) is 9.24. The van der Waals surface area contributed by atoms with E-state index in [-0.39, 0.29) is 6.10 Å². The average Bonchev–Trinajstić information content (AvgIpc) is 2.41. The summed E-state index contributed by atoms with van der Waals surface area (Å²) in [5.41, 5.74) is 1.32. The van der Waals surface area contributed by atoms with Gasteiger partial charge < -0.3 is 10.1 Å². The summed E-state index contributed by atoms with van der Waals surface area (Å²) < 4.78 is 5.64. The molecule has 1 atom stereocenters. The lowest BCUT2D eigenvalue weighted by Gasteiger charge is -2.18. The summed E-state index contributed by atoms with van der Waals surface area (Å²) in [6.45, 7) is 6.17. The van der Waals surface area contributed by atoms with E-state index in [1.165, 1.54) is 24.8 Å². The van der Waals surface area contributed by atoms with Crippen LogP contribution >= 0.6 is 0 Å². The number of hydrogen-bond acceptors (Lipinski definition) is 2. The molecule has 1 aromatic carbocycles. The highest BCUT2D eigenvalue weighted by Gasteiger charge is 2.08. The predicted octanol–water partition coefficient (Wildman–Crippen LogP) is 3.92. The molecule has 1 aliphatic rings. The lowest BCUT2D eigenvalue weighted by molar-refractivity contribution is 0.242. The molecule has 0 amide bonds. The molecule has 0 fully saturated rings. The molecule has 0 bridgehead atoms. The molecule has 0 saturated carbocycles. The zero-order valence-electron chi connectivity index (χ0n) is 12.1. The van der Waals surface area contributed by atoms with Gasteiger partial charge in [-0.25, -0.2) is 0 Å². The molecular weight excluding hydrogens is 234 g/mol. The normalized spacial score (nSPS) is 18.8. The Bertz CT molecular complexity index is 394. The van der Waals surface area contributed by atoms with Crippen molar-refractivity contribution in [2.45, 2.75) is 45.8 Å². The minimum atomic E-state index is 0.239. The minimum Gasteiger partial charge on any atom is -0.491 e. The van der Waals surface area contributed by atoms with Crippen molar-refractivity contribution in [3.05, 3.63) is 42.0 Å². The quantitative estimate of drug-likeness (QED) is 0.782. The first kappa shape index (κ1) is 14.1. The van der Waals surface area contributed by atoms with E-state index >= 15 is 0 Å². The molecule has 0 radical (unpaired) electrons. The van der Waals surface area contributed by atoms with Crippen molar-refractivity contribution in [2.24, 2.45) is 5.92 Å². The Kier molecular flexibility index (Phi) is 5.46. The molecule has 1 aliphatic carbocycles. The Morgan fingerprint density at radius 1 is 1.21 bits per heavy atom. The second-order valence-corrected chi connectivity index (χ2v) is 5.59. The van der Waals surface area contributed by atoms with Gasteiger partial charge in [-0.3, -0.25) is 0 Å². The molecule has 2 nitrogen and oxygen atoms in total. The molecular formula is C17H25NO. The summed E-state index contributed by atoms with van der Waals surface area (Å²) in [5, 5.41) is 3.56. The van der Waals surface area contributed by atoms with Crippen LogP contribution in [0.25, 0.3) is 0 Å². The maximum Gasteiger partial charge on any atom is 0.119 e. The molecule has 2 rings (SSSR count). The van der Waals surface area contributed by atoms with Gasteiger partial charge in [-0.2, -0.15) is 0 Å². The Morgan fingerprint density at radius 3 is 2.63 bits per heavy atom. The largest absolute Gasteiger partial charge is 0.491 e. The summed E-state index contributed by atoms with van der Waals surface area (Å²) in [6.07, 6.45) is 8.65. The second-order valence-electron chi connectivity index (χ2n) is 5.59. The van der Waals surface area contributed by atoms with Gasteiger partial charge in [0.15, 0.2) is 0 Å². The number of rotatable bonds is 6. The minimum absolute atomic E-state index is 0.239. The molecule has 1 N–H and O–H groups in total. The number of hydrogen-bond donors (Lipinski definition) is 1. The predicted molar refractivity (Wildman–Crippen MR) is 80.4 cm³/mol. The van der Waals surface area contributed by atoms with Crippen LogP contribution in [0.2, 0.25) is 0 Å². The van der Waals surface area contributed by atoms with E-state index in [0.717, 1.165) is 24.8 Å². The van der Waals surface area contributed by atoms with E-state index < -0.39 is 0 Å². The molecule has 0 aliphatic heterocycles. The van der Waals surface area contributed by atoms with Gasteiger partial charge in [0.25, 0.3) is 0 Å². The van der Waals surface area contributed by atoms with Crippen molar-refractivity contribution in [2.75, 3.05) is 6.54 Å². The average molecular weight is 259 g/mol. The summed E-state index contributed by atoms with van der Waals surface area (Å²) in [4.78, 5) is 0. The number of nitrogens with one attached hydrogen (secondary N) is 1. The molecule has 1 unspecified atom stereocenters. The van der Waals surface area contributed by atoms with Crippen LogP contribution in [0.15, 0.2) is 36.4 Å². The van der Waals surface area contributed by atoms with Crippen molar-refractivity contribution in [1.82, 2.24) is 5.32 Å². The van der Waals surface area contributed by atoms with E-state index in [0.29, 0.717) is 0 Å². The van der Waals surface area contributed by atoms with Crippen LogP contribution in [0.5, 0.6) is 5.75 Å². The van der Waals surface area contributed by atoms with Crippen LogP contribution < -0.4 is 10.1 Å². The fraction of sp³-hybridized carbons (Fsp3) is 0.529. The monoisotopic (exact) mass is 259 g/mol. The van der Waals surface area contributed by atoms with Crippen molar-refractivity contribution < 1.29 is 4.74 Å².